The van der Waals surface area contributed by atoms with Gasteiger partial charge in [0.2, 0.25) is 0 Å². The van der Waals surface area contributed by atoms with Crippen LogP contribution in [0.15, 0.2) is 70.5 Å². The van der Waals surface area contributed by atoms with Gasteiger partial charge in [0.05, 0.1) is 18.1 Å². The molecule has 0 aliphatic heterocycles. The first-order chi connectivity index (χ1) is 13.3. The van der Waals surface area contributed by atoms with Gasteiger partial charge in [-0.2, -0.15) is 5.10 Å². The summed E-state index contributed by atoms with van der Waals surface area (Å²) in [5.74, 6) is 1.60. The predicted molar refractivity (Wildman–Crippen MR) is 120 cm³/mol. The topological polar surface area (TPSA) is 76.6 Å². The Kier molecular flexibility index (Phi) is 9.56. The van der Waals surface area contributed by atoms with Gasteiger partial charge in [0.25, 0.3) is 0 Å². The number of guanidine groups is 1. The maximum Gasteiger partial charge on any atom is 0.191 e. The summed E-state index contributed by atoms with van der Waals surface area (Å²) in [6.07, 6.45) is 6.40. The second-order valence-corrected chi connectivity index (χ2v) is 5.97. The Hall–Kier alpha value is -2.33. The van der Waals surface area contributed by atoms with E-state index >= 15 is 0 Å². The van der Waals surface area contributed by atoms with Gasteiger partial charge in [-0.15, -0.1) is 24.0 Å². The standard InChI is InChI=1S/C20H25N5O2.HI/c1-21-20(22-10-6-11-26-16-19-9-5-12-27-19)23-13-17-14-24-25(15-17)18-7-3-2-4-8-18;/h2-5,7-9,12,14-15H,6,10-11,13,16H2,1H3,(H2,21,22,23);1H. The number of hydrogen-bond acceptors (Lipinski definition) is 4. The molecule has 1 aromatic carbocycles. The van der Waals surface area contributed by atoms with Gasteiger partial charge in [-0.1, -0.05) is 18.2 Å². The van der Waals surface area contributed by atoms with E-state index in [1.165, 1.54) is 0 Å². The Labute approximate surface area is 182 Å². The zero-order chi connectivity index (χ0) is 18.7. The number of hydrogen-bond donors (Lipinski definition) is 2. The number of ether oxygens (including phenoxy) is 1. The molecule has 3 aromatic rings. The minimum Gasteiger partial charge on any atom is -0.467 e. The van der Waals surface area contributed by atoms with Crippen molar-refractivity contribution in [3.8, 4) is 5.69 Å². The van der Waals surface area contributed by atoms with Gasteiger partial charge in [-0.05, 0) is 30.7 Å². The highest BCUT2D eigenvalue weighted by molar-refractivity contribution is 14.0. The minimum atomic E-state index is 0. The third-order valence-corrected chi connectivity index (χ3v) is 3.92. The van der Waals surface area contributed by atoms with Crippen LogP contribution in [0.1, 0.15) is 17.7 Å². The Morgan fingerprint density at radius 2 is 2.04 bits per heavy atom. The molecule has 0 saturated carbocycles. The molecule has 0 saturated heterocycles. The maximum atomic E-state index is 5.56. The Bertz CT molecular complexity index is 818. The van der Waals surface area contributed by atoms with Crippen LogP contribution in [0.25, 0.3) is 5.69 Å². The lowest BCUT2D eigenvalue weighted by Gasteiger charge is -2.11. The lowest BCUT2D eigenvalue weighted by Crippen LogP contribution is -2.37. The molecule has 3 rings (SSSR count). The smallest absolute Gasteiger partial charge is 0.191 e. The molecule has 0 aliphatic rings. The average Bonchev–Trinajstić information content (AvgIpc) is 3.39. The second kappa shape index (κ2) is 12.2. The van der Waals surface area contributed by atoms with Crippen molar-refractivity contribution in [3.05, 3.63) is 72.4 Å². The summed E-state index contributed by atoms with van der Waals surface area (Å²) < 4.78 is 12.7. The van der Waals surface area contributed by atoms with E-state index in [0.717, 1.165) is 35.9 Å². The highest BCUT2D eigenvalue weighted by atomic mass is 127. The third kappa shape index (κ3) is 7.01. The first-order valence-corrected chi connectivity index (χ1v) is 8.99. The molecule has 2 heterocycles. The van der Waals surface area contributed by atoms with E-state index in [1.54, 1.807) is 13.3 Å². The fourth-order valence-electron chi connectivity index (χ4n) is 2.53. The highest BCUT2D eigenvalue weighted by Gasteiger charge is 2.03. The fourth-order valence-corrected chi connectivity index (χ4v) is 2.53. The molecular weight excluding hydrogens is 469 g/mol. The van der Waals surface area contributed by atoms with Crippen molar-refractivity contribution >= 4 is 29.9 Å². The molecule has 7 nitrogen and oxygen atoms in total. The number of aliphatic imine (C=N–C) groups is 1. The second-order valence-electron chi connectivity index (χ2n) is 5.97. The molecule has 0 spiro atoms. The van der Waals surface area contributed by atoms with Crippen molar-refractivity contribution in [2.45, 2.75) is 19.6 Å². The molecule has 150 valence electrons. The SMILES string of the molecule is CN=C(NCCCOCc1ccco1)NCc1cnn(-c2ccccc2)c1.I. The normalized spacial score (nSPS) is 11.1. The quantitative estimate of drug-likeness (QED) is 0.206. The van der Waals surface area contributed by atoms with Gasteiger partial charge in [0.15, 0.2) is 5.96 Å². The van der Waals surface area contributed by atoms with Crippen LogP contribution in [0.5, 0.6) is 0 Å². The van der Waals surface area contributed by atoms with Crippen LogP contribution in [0.3, 0.4) is 0 Å². The Morgan fingerprint density at radius 1 is 1.18 bits per heavy atom. The number of halogens is 1. The van der Waals surface area contributed by atoms with Crippen LogP contribution in [0, 0.1) is 0 Å². The largest absolute Gasteiger partial charge is 0.467 e. The Balaban J connectivity index is 0.00000280. The van der Waals surface area contributed by atoms with Crippen LogP contribution in [-0.2, 0) is 17.9 Å². The number of benzene rings is 1. The van der Waals surface area contributed by atoms with Crippen molar-refractivity contribution in [2.75, 3.05) is 20.2 Å². The lowest BCUT2D eigenvalue weighted by atomic mass is 10.3. The van der Waals surface area contributed by atoms with Crippen LogP contribution in [0.2, 0.25) is 0 Å². The van der Waals surface area contributed by atoms with Crippen LogP contribution < -0.4 is 10.6 Å². The Morgan fingerprint density at radius 3 is 2.79 bits per heavy atom. The lowest BCUT2D eigenvalue weighted by molar-refractivity contribution is 0.105. The van der Waals surface area contributed by atoms with Crippen molar-refractivity contribution < 1.29 is 9.15 Å². The molecule has 0 fully saturated rings. The number of aromatic nitrogens is 2. The molecule has 0 atom stereocenters. The van der Waals surface area contributed by atoms with Crippen molar-refractivity contribution in [2.24, 2.45) is 4.99 Å². The monoisotopic (exact) mass is 495 g/mol. The van der Waals surface area contributed by atoms with Crippen molar-refractivity contribution in [1.29, 1.82) is 0 Å². The summed E-state index contributed by atoms with van der Waals surface area (Å²) in [6, 6.07) is 13.8. The van der Waals surface area contributed by atoms with E-state index in [-0.39, 0.29) is 24.0 Å². The van der Waals surface area contributed by atoms with E-state index in [9.17, 15) is 0 Å². The van der Waals surface area contributed by atoms with E-state index in [2.05, 4.69) is 20.7 Å². The van der Waals surface area contributed by atoms with Crippen LogP contribution >= 0.6 is 24.0 Å². The van der Waals surface area contributed by atoms with Crippen molar-refractivity contribution in [1.82, 2.24) is 20.4 Å². The first kappa shape index (κ1) is 22.0. The summed E-state index contributed by atoms with van der Waals surface area (Å²) in [5, 5.41) is 11.0. The molecule has 2 aromatic heterocycles. The molecule has 2 N–H and O–H groups in total. The van der Waals surface area contributed by atoms with Gasteiger partial charge >= 0.3 is 0 Å². The number of nitrogens with zero attached hydrogens (tertiary/aromatic N) is 3. The van der Waals surface area contributed by atoms with Gasteiger partial charge in [0.1, 0.15) is 12.4 Å². The molecule has 0 unspecified atom stereocenters. The highest BCUT2D eigenvalue weighted by Crippen LogP contribution is 2.07. The average molecular weight is 495 g/mol. The molecule has 0 amide bonds. The molecular formula is C20H26IN5O2. The number of nitrogens with one attached hydrogen (secondary N) is 2. The van der Waals surface area contributed by atoms with Gasteiger partial charge in [0, 0.05) is 38.5 Å². The molecule has 28 heavy (non-hydrogen) atoms. The van der Waals surface area contributed by atoms with Crippen LogP contribution in [-0.4, -0.2) is 35.9 Å². The zero-order valence-corrected chi connectivity index (χ0v) is 18.2. The molecule has 0 aliphatic carbocycles. The summed E-state index contributed by atoms with van der Waals surface area (Å²) in [7, 11) is 1.76. The van der Waals surface area contributed by atoms with Crippen LogP contribution in [0.4, 0.5) is 0 Å². The summed E-state index contributed by atoms with van der Waals surface area (Å²) in [6.45, 7) is 2.60. The summed E-state index contributed by atoms with van der Waals surface area (Å²) in [5.41, 5.74) is 2.13. The van der Waals surface area contributed by atoms with E-state index in [0.29, 0.717) is 19.8 Å². The third-order valence-electron chi connectivity index (χ3n) is 3.92. The van der Waals surface area contributed by atoms with Gasteiger partial charge < -0.3 is 19.8 Å². The molecule has 8 heteroatoms. The zero-order valence-electron chi connectivity index (χ0n) is 15.9. The number of para-hydroxylation sites is 1. The van der Waals surface area contributed by atoms with Gasteiger partial charge in [-0.25, -0.2) is 4.68 Å². The maximum absolute atomic E-state index is 5.56. The summed E-state index contributed by atoms with van der Waals surface area (Å²) in [4.78, 5) is 4.24. The molecule has 0 radical (unpaired) electrons. The summed E-state index contributed by atoms with van der Waals surface area (Å²) >= 11 is 0. The first-order valence-electron chi connectivity index (χ1n) is 8.99. The van der Waals surface area contributed by atoms with E-state index in [4.69, 9.17) is 9.15 Å². The minimum absolute atomic E-state index is 0. The fraction of sp³-hybridized carbons (Fsp3) is 0.300. The number of furan rings is 1. The number of rotatable bonds is 9. The van der Waals surface area contributed by atoms with Crippen molar-refractivity contribution in [3.63, 3.8) is 0 Å². The van der Waals surface area contributed by atoms with E-state index < -0.39 is 0 Å². The predicted octanol–water partition coefficient (Wildman–Crippen LogP) is 3.36. The van der Waals surface area contributed by atoms with E-state index in [1.807, 2.05) is 59.5 Å². The van der Waals surface area contributed by atoms with Gasteiger partial charge in [-0.3, -0.25) is 4.99 Å². The molecule has 0 bridgehead atoms.